The summed E-state index contributed by atoms with van der Waals surface area (Å²) in [5, 5.41) is 1.08. The highest BCUT2D eigenvalue weighted by molar-refractivity contribution is 5.78. The third-order valence-corrected chi connectivity index (χ3v) is 6.12. The van der Waals surface area contributed by atoms with Gasteiger partial charge in [0, 0.05) is 10.9 Å². The summed E-state index contributed by atoms with van der Waals surface area (Å²) in [6.45, 7) is 0.660. The molecule has 1 aromatic heterocycles. The molecule has 3 aromatic carbocycles. The molecule has 2 heterocycles. The molecule has 8 nitrogen and oxygen atoms in total. The number of rotatable bonds is 9. The number of aromatic nitrogens is 1. The van der Waals surface area contributed by atoms with Gasteiger partial charge in [0.1, 0.15) is 36.2 Å². The first-order chi connectivity index (χ1) is 18.5. The molecule has 0 fully saturated rings. The Balaban J connectivity index is 1.37. The minimum Gasteiger partial charge on any atom is -0.497 e. The predicted octanol–water partition coefficient (Wildman–Crippen LogP) is 4.81. The molecule has 0 unspecified atom stereocenters. The lowest BCUT2D eigenvalue weighted by molar-refractivity contribution is -0.157. The van der Waals surface area contributed by atoms with Gasteiger partial charge in [-0.05, 0) is 68.7 Å². The SMILES string of the molecule is COc1ccc(O[C@@H]2COc3ccc(OCc4ccc5ccccc5n4)cc3[C@@H]2OC(=O)CN(C)C)cc1. The minimum atomic E-state index is -0.685. The number of likely N-dealkylation sites (N-methyl/N-ethyl adjacent to an activating group) is 1. The number of nitrogens with zero attached hydrogens (tertiary/aromatic N) is 2. The van der Waals surface area contributed by atoms with Gasteiger partial charge in [-0.1, -0.05) is 24.3 Å². The van der Waals surface area contributed by atoms with Gasteiger partial charge in [-0.3, -0.25) is 9.69 Å². The van der Waals surface area contributed by atoms with Gasteiger partial charge >= 0.3 is 5.97 Å². The Morgan fingerprint density at radius 2 is 1.74 bits per heavy atom. The summed E-state index contributed by atoms with van der Waals surface area (Å²) < 4.78 is 29.5. The number of benzene rings is 3. The highest BCUT2D eigenvalue weighted by Crippen LogP contribution is 2.39. The maximum absolute atomic E-state index is 12.7. The van der Waals surface area contributed by atoms with Crippen LogP contribution in [0.2, 0.25) is 0 Å². The number of carbonyl (C=O) groups excluding carboxylic acids is 1. The molecule has 0 N–H and O–H groups in total. The van der Waals surface area contributed by atoms with Crippen molar-refractivity contribution in [3.63, 3.8) is 0 Å². The summed E-state index contributed by atoms with van der Waals surface area (Å²) in [5.74, 6) is 2.22. The normalized spacial score (nSPS) is 16.4. The Morgan fingerprint density at radius 1 is 0.974 bits per heavy atom. The van der Waals surface area contributed by atoms with E-state index in [2.05, 4.69) is 4.98 Å². The molecule has 8 heteroatoms. The standard InChI is InChI=1S/C30H30N2O6/c1-32(2)17-29(33)38-30-25-16-24(35-18-21-9-8-20-6-4-5-7-26(20)31-21)14-15-27(25)36-19-28(30)37-23-12-10-22(34-3)11-13-23/h4-16,28,30H,17-19H2,1-3H3/t28-,30+/m1/s1. The van der Waals surface area contributed by atoms with E-state index in [1.807, 2.05) is 93.0 Å². The van der Waals surface area contributed by atoms with Crippen molar-refractivity contribution in [2.24, 2.45) is 0 Å². The molecule has 0 amide bonds. The lowest BCUT2D eigenvalue weighted by atomic mass is 10.00. The number of fused-ring (bicyclic) bond motifs is 2. The maximum atomic E-state index is 12.7. The van der Waals surface area contributed by atoms with Crippen molar-refractivity contribution in [2.45, 2.75) is 18.8 Å². The van der Waals surface area contributed by atoms with Gasteiger partial charge in [0.25, 0.3) is 0 Å². The Kier molecular flexibility index (Phi) is 7.60. The summed E-state index contributed by atoms with van der Waals surface area (Å²) in [6.07, 6.45) is -1.24. The lowest BCUT2D eigenvalue weighted by Gasteiger charge is -2.33. The van der Waals surface area contributed by atoms with Crippen LogP contribution in [0.15, 0.2) is 78.9 Å². The van der Waals surface area contributed by atoms with E-state index in [0.29, 0.717) is 29.4 Å². The summed E-state index contributed by atoms with van der Waals surface area (Å²) in [6, 6.07) is 24.7. The van der Waals surface area contributed by atoms with Crippen molar-refractivity contribution in [3.8, 4) is 23.0 Å². The average molecular weight is 515 g/mol. The lowest BCUT2D eigenvalue weighted by Crippen LogP contribution is -2.39. The van der Waals surface area contributed by atoms with Crippen LogP contribution < -0.4 is 18.9 Å². The highest BCUT2D eigenvalue weighted by Gasteiger charge is 2.36. The van der Waals surface area contributed by atoms with Gasteiger partial charge in [0.2, 0.25) is 0 Å². The number of methoxy groups -OCH3 is 1. The summed E-state index contributed by atoms with van der Waals surface area (Å²) >= 11 is 0. The zero-order valence-electron chi connectivity index (χ0n) is 21.6. The van der Waals surface area contributed by atoms with E-state index in [1.165, 1.54) is 0 Å². The first-order valence-corrected chi connectivity index (χ1v) is 12.4. The van der Waals surface area contributed by atoms with Gasteiger partial charge in [0.15, 0.2) is 12.2 Å². The number of esters is 1. The van der Waals surface area contributed by atoms with Crippen LogP contribution in [-0.2, 0) is 16.1 Å². The zero-order chi connectivity index (χ0) is 26.5. The molecule has 196 valence electrons. The Bertz CT molecular complexity index is 1410. The van der Waals surface area contributed by atoms with E-state index >= 15 is 0 Å². The number of hydrogen-bond donors (Lipinski definition) is 0. The predicted molar refractivity (Wildman–Crippen MR) is 143 cm³/mol. The number of carbonyl (C=O) groups is 1. The Morgan fingerprint density at radius 3 is 2.53 bits per heavy atom. The molecule has 0 spiro atoms. The van der Waals surface area contributed by atoms with Crippen LogP contribution in [0.4, 0.5) is 0 Å². The van der Waals surface area contributed by atoms with Crippen LogP contribution in [0.5, 0.6) is 23.0 Å². The number of pyridine rings is 1. The first-order valence-electron chi connectivity index (χ1n) is 12.4. The second kappa shape index (κ2) is 11.4. The van der Waals surface area contributed by atoms with Crippen molar-refractivity contribution in [1.29, 1.82) is 0 Å². The van der Waals surface area contributed by atoms with Crippen LogP contribution >= 0.6 is 0 Å². The fourth-order valence-corrected chi connectivity index (χ4v) is 4.28. The van der Waals surface area contributed by atoms with E-state index in [9.17, 15) is 4.79 Å². The van der Waals surface area contributed by atoms with Crippen molar-refractivity contribution in [3.05, 3.63) is 90.1 Å². The second-order valence-electron chi connectivity index (χ2n) is 9.27. The highest BCUT2D eigenvalue weighted by atomic mass is 16.6. The molecule has 1 aliphatic heterocycles. The van der Waals surface area contributed by atoms with Crippen LogP contribution in [0.3, 0.4) is 0 Å². The van der Waals surface area contributed by atoms with Gasteiger partial charge in [-0.25, -0.2) is 4.98 Å². The number of ether oxygens (including phenoxy) is 5. The van der Waals surface area contributed by atoms with Crippen LogP contribution in [0.1, 0.15) is 17.4 Å². The monoisotopic (exact) mass is 514 g/mol. The van der Waals surface area contributed by atoms with E-state index < -0.39 is 12.2 Å². The fourth-order valence-electron chi connectivity index (χ4n) is 4.28. The molecule has 0 aliphatic carbocycles. The quantitative estimate of drug-likeness (QED) is 0.295. The van der Waals surface area contributed by atoms with E-state index in [4.69, 9.17) is 23.7 Å². The Labute approximate surface area is 221 Å². The van der Waals surface area contributed by atoms with Crippen LogP contribution in [0, 0.1) is 0 Å². The van der Waals surface area contributed by atoms with E-state index in [-0.39, 0.29) is 19.1 Å². The summed E-state index contributed by atoms with van der Waals surface area (Å²) in [4.78, 5) is 19.1. The third-order valence-electron chi connectivity index (χ3n) is 6.12. The molecule has 38 heavy (non-hydrogen) atoms. The van der Waals surface area contributed by atoms with Gasteiger partial charge in [0.05, 0.1) is 24.9 Å². The number of hydrogen-bond acceptors (Lipinski definition) is 8. The molecule has 1 aliphatic rings. The molecular formula is C30H30N2O6. The molecule has 2 atom stereocenters. The second-order valence-corrected chi connectivity index (χ2v) is 9.27. The first kappa shape index (κ1) is 25.4. The molecular weight excluding hydrogens is 484 g/mol. The van der Waals surface area contributed by atoms with Crippen molar-refractivity contribution >= 4 is 16.9 Å². The molecule has 0 bridgehead atoms. The third kappa shape index (κ3) is 5.98. The molecule has 0 saturated carbocycles. The van der Waals surface area contributed by atoms with Crippen molar-refractivity contribution < 1.29 is 28.5 Å². The fraction of sp³-hybridized carbons (Fsp3) is 0.267. The van der Waals surface area contributed by atoms with Crippen LogP contribution in [-0.4, -0.2) is 56.3 Å². The molecule has 0 radical (unpaired) electrons. The van der Waals surface area contributed by atoms with Crippen LogP contribution in [0.25, 0.3) is 10.9 Å². The zero-order valence-corrected chi connectivity index (χ0v) is 21.6. The number of para-hydroxylation sites is 1. The van der Waals surface area contributed by atoms with Gasteiger partial charge < -0.3 is 23.7 Å². The minimum absolute atomic E-state index is 0.145. The molecule has 5 rings (SSSR count). The van der Waals surface area contributed by atoms with Gasteiger partial charge in [-0.15, -0.1) is 0 Å². The average Bonchev–Trinajstić information content (AvgIpc) is 2.93. The van der Waals surface area contributed by atoms with E-state index in [1.54, 1.807) is 12.0 Å². The molecule has 4 aromatic rings. The van der Waals surface area contributed by atoms with Crippen molar-refractivity contribution in [1.82, 2.24) is 9.88 Å². The van der Waals surface area contributed by atoms with E-state index in [0.717, 1.165) is 22.3 Å². The maximum Gasteiger partial charge on any atom is 0.320 e. The Hall–Kier alpha value is -4.30. The molecule has 0 saturated heterocycles. The van der Waals surface area contributed by atoms with Crippen molar-refractivity contribution in [2.75, 3.05) is 34.4 Å². The topological polar surface area (TPSA) is 79.4 Å². The summed E-state index contributed by atoms with van der Waals surface area (Å²) in [7, 11) is 5.24. The largest absolute Gasteiger partial charge is 0.497 e. The summed E-state index contributed by atoms with van der Waals surface area (Å²) in [5.41, 5.74) is 2.41. The smallest absolute Gasteiger partial charge is 0.320 e. The van der Waals surface area contributed by atoms with Gasteiger partial charge in [-0.2, -0.15) is 0 Å².